The van der Waals surface area contributed by atoms with Gasteiger partial charge in [-0.05, 0) is 99.9 Å². The van der Waals surface area contributed by atoms with E-state index in [1.54, 1.807) is 19.2 Å². The summed E-state index contributed by atoms with van der Waals surface area (Å²) in [6, 6.07) is 16.2. The van der Waals surface area contributed by atoms with Crippen molar-refractivity contribution in [2.75, 3.05) is 25.0 Å². The number of imidazole rings is 1. The number of alkyl halides is 1. The molecule has 3 atom stereocenters. The molecule has 3 aromatic heterocycles. The van der Waals surface area contributed by atoms with E-state index in [1.807, 2.05) is 49.4 Å². The van der Waals surface area contributed by atoms with Crippen LogP contribution < -0.4 is 16.3 Å². The van der Waals surface area contributed by atoms with Crippen molar-refractivity contribution in [2.24, 2.45) is 13.0 Å². The Morgan fingerprint density at radius 3 is 2.58 bits per heavy atom. The number of fused-ring (bicyclic) bond motifs is 2. The van der Waals surface area contributed by atoms with Crippen molar-refractivity contribution in [1.29, 1.82) is 0 Å². The van der Waals surface area contributed by atoms with Gasteiger partial charge >= 0.3 is 5.69 Å². The Morgan fingerprint density at radius 1 is 1.00 bits per heavy atom. The summed E-state index contributed by atoms with van der Waals surface area (Å²) in [7, 11) is 1.67. The molecular formula is C39H43FN8O4. The number of benzene rings is 2. The molecular weight excluding hydrogens is 663 g/mol. The monoisotopic (exact) mass is 706 g/mol. The SMILES string of the molecule is Cc1cccc(C(=O)Nc2ccc3nn([C@H]4CC[C@H](CN5CC[C@H](c6cccc7c6n(C)c(=O)n7C6CCC(=O)NC6=O)[C@H](F)C5)CC4)cc3c2)n1. The highest BCUT2D eigenvalue weighted by atomic mass is 19.1. The van der Waals surface area contributed by atoms with Crippen LogP contribution in [0.3, 0.4) is 0 Å². The summed E-state index contributed by atoms with van der Waals surface area (Å²) in [6.07, 6.45) is 6.11. The van der Waals surface area contributed by atoms with Crippen LogP contribution in [0.4, 0.5) is 10.1 Å². The normalized spacial score (nSPS) is 24.3. The van der Waals surface area contributed by atoms with Crippen molar-refractivity contribution >= 4 is 45.3 Å². The van der Waals surface area contributed by atoms with Gasteiger partial charge in [0.15, 0.2) is 0 Å². The molecule has 3 amide bonds. The maximum atomic E-state index is 16.1. The molecule has 2 aromatic carbocycles. The van der Waals surface area contributed by atoms with Crippen molar-refractivity contribution in [1.82, 2.24) is 34.1 Å². The van der Waals surface area contributed by atoms with Crippen molar-refractivity contribution in [3.8, 4) is 0 Å². The largest absolute Gasteiger partial charge is 0.329 e. The van der Waals surface area contributed by atoms with E-state index in [0.717, 1.165) is 60.9 Å². The van der Waals surface area contributed by atoms with Crippen LogP contribution in [-0.2, 0) is 16.6 Å². The molecule has 8 rings (SSSR count). The van der Waals surface area contributed by atoms with Crippen molar-refractivity contribution < 1.29 is 18.8 Å². The number of nitrogens with zero attached hydrogens (tertiary/aromatic N) is 6. The van der Waals surface area contributed by atoms with Gasteiger partial charge in [-0.2, -0.15) is 5.10 Å². The van der Waals surface area contributed by atoms with Crippen LogP contribution in [0, 0.1) is 12.8 Å². The van der Waals surface area contributed by atoms with Crippen LogP contribution in [0.5, 0.6) is 0 Å². The van der Waals surface area contributed by atoms with E-state index < -0.39 is 18.1 Å². The molecule has 0 spiro atoms. The molecule has 0 bridgehead atoms. The van der Waals surface area contributed by atoms with Gasteiger partial charge in [-0.3, -0.25) is 33.5 Å². The first-order valence-corrected chi connectivity index (χ1v) is 18.3. The highest BCUT2D eigenvalue weighted by molar-refractivity contribution is 6.04. The van der Waals surface area contributed by atoms with Gasteiger partial charge in [0.2, 0.25) is 11.8 Å². The number of halogens is 1. The van der Waals surface area contributed by atoms with Gasteiger partial charge in [0.1, 0.15) is 17.9 Å². The number of rotatable bonds is 7. The minimum atomic E-state index is -1.09. The fourth-order valence-electron chi connectivity index (χ4n) is 8.61. The lowest BCUT2D eigenvalue weighted by atomic mass is 9.83. The number of aryl methyl sites for hydroxylation is 2. The predicted octanol–water partition coefficient (Wildman–Crippen LogP) is 5.18. The van der Waals surface area contributed by atoms with Crippen molar-refractivity contribution in [2.45, 2.75) is 76.0 Å². The standard InChI is InChI=1S/C39H43FN8O4/c1-23-5-3-7-32(41-23)37(50)42-26-11-14-31-25(19-26)21-47(44-31)27-12-9-24(10-13-27)20-46-18-17-28(30(40)22-46)29-6-4-8-33-36(29)45(2)39(52)48(33)34-15-16-35(49)43-38(34)51/h3-8,11,14,19,21,24,27-28,30,34H,9-10,12-13,15-18,20,22H2,1-2H3,(H,42,50)(H,43,49,51)/t24-,27-,28-,30-,34?/m1/s1. The first-order valence-electron chi connectivity index (χ1n) is 18.3. The van der Waals surface area contributed by atoms with E-state index in [9.17, 15) is 19.2 Å². The third-order valence-electron chi connectivity index (χ3n) is 11.3. The summed E-state index contributed by atoms with van der Waals surface area (Å²) >= 11 is 0. The summed E-state index contributed by atoms with van der Waals surface area (Å²) in [4.78, 5) is 57.1. The van der Waals surface area contributed by atoms with E-state index >= 15 is 4.39 Å². The molecule has 12 nitrogen and oxygen atoms in total. The topological polar surface area (TPSA) is 136 Å². The predicted molar refractivity (Wildman–Crippen MR) is 195 cm³/mol. The van der Waals surface area contributed by atoms with Gasteiger partial charge in [0.25, 0.3) is 5.91 Å². The zero-order valence-corrected chi connectivity index (χ0v) is 29.4. The van der Waals surface area contributed by atoms with Crippen LogP contribution in [-0.4, -0.2) is 72.3 Å². The Bertz CT molecular complexity index is 2250. The van der Waals surface area contributed by atoms with Crippen LogP contribution in [0.1, 0.15) is 84.7 Å². The van der Waals surface area contributed by atoms with Crippen LogP contribution >= 0.6 is 0 Å². The van der Waals surface area contributed by atoms with Crippen LogP contribution in [0.2, 0.25) is 0 Å². The van der Waals surface area contributed by atoms with Crippen molar-refractivity contribution in [3.63, 3.8) is 0 Å². The van der Waals surface area contributed by atoms with Gasteiger partial charge in [0.05, 0.1) is 22.6 Å². The third-order valence-corrected chi connectivity index (χ3v) is 11.3. The molecule has 2 N–H and O–H groups in total. The van der Waals surface area contributed by atoms with E-state index in [0.29, 0.717) is 41.3 Å². The molecule has 5 aromatic rings. The van der Waals surface area contributed by atoms with E-state index in [2.05, 4.69) is 31.4 Å². The average Bonchev–Trinajstić information content (AvgIpc) is 3.66. The number of amides is 3. The second-order valence-electron chi connectivity index (χ2n) is 14.7. The van der Waals surface area contributed by atoms with E-state index in [-0.39, 0.29) is 42.3 Å². The summed E-state index contributed by atoms with van der Waals surface area (Å²) in [5.41, 5.74) is 4.45. The lowest BCUT2D eigenvalue weighted by Crippen LogP contribution is -2.44. The summed E-state index contributed by atoms with van der Waals surface area (Å²) < 4.78 is 21.1. The smallest absolute Gasteiger partial charge is 0.321 e. The van der Waals surface area contributed by atoms with E-state index in [1.165, 1.54) is 9.13 Å². The zero-order chi connectivity index (χ0) is 36.1. The molecule has 2 saturated heterocycles. The van der Waals surface area contributed by atoms with Gasteiger partial charge in [-0.1, -0.05) is 18.2 Å². The molecule has 2 aliphatic heterocycles. The Balaban J connectivity index is 0.880. The maximum Gasteiger partial charge on any atom is 0.329 e. The van der Waals surface area contributed by atoms with Gasteiger partial charge < -0.3 is 10.2 Å². The lowest BCUT2D eigenvalue weighted by molar-refractivity contribution is -0.135. The quantitative estimate of drug-likeness (QED) is 0.223. The summed E-state index contributed by atoms with van der Waals surface area (Å²) in [6.45, 7) is 3.82. The van der Waals surface area contributed by atoms with Crippen LogP contribution in [0.15, 0.2) is 65.6 Å². The number of anilines is 1. The molecule has 1 aliphatic carbocycles. The first-order chi connectivity index (χ1) is 25.1. The minimum Gasteiger partial charge on any atom is -0.321 e. The third kappa shape index (κ3) is 6.42. The average molecular weight is 707 g/mol. The number of likely N-dealkylation sites (tertiary alicyclic amines) is 1. The van der Waals surface area contributed by atoms with E-state index in [4.69, 9.17) is 5.10 Å². The molecule has 1 unspecified atom stereocenters. The summed E-state index contributed by atoms with van der Waals surface area (Å²) in [5.74, 6) is -0.941. The number of nitrogens with one attached hydrogen (secondary N) is 2. The highest BCUT2D eigenvalue weighted by Gasteiger charge is 2.36. The molecule has 1 saturated carbocycles. The number of hydrogen-bond donors (Lipinski definition) is 2. The number of carbonyl (C=O) groups is 3. The number of hydrogen-bond acceptors (Lipinski definition) is 7. The molecule has 3 aliphatic rings. The Hall–Kier alpha value is -5.17. The van der Waals surface area contributed by atoms with Gasteiger partial charge in [-0.15, -0.1) is 0 Å². The number of piperidine rings is 2. The number of aromatic nitrogens is 5. The first kappa shape index (κ1) is 33.9. The van der Waals surface area contributed by atoms with Gasteiger partial charge in [-0.25, -0.2) is 14.2 Å². The number of para-hydroxylation sites is 1. The molecule has 3 fully saturated rings. The fourth-order valence-corrected chi connectivity index (χ4v) is 8.61. The Labute approximate surface area is 300 Å². The van der Waals surface area contributed by atoms with Gasteiger partial charge in [0, 0.05) is 55.4 Å². The summed E-state index contributed by atoms with van der Waals surface area (Å²) in [5, 5.41) is 11.1. The zero-order valence-electron chi connectivity index (χ0n) is 29.4. The molecule has 5 heterocycles. The highest BCUT2D eigenvalue weighted by Crippen LogP contribution is 2.38. The second-order valence-corrected chi connectivity index (χ2v) is 14.7. The second kappa shape index (κ2) is 13.8. The minimum absolute atomic E-state index is 0.169. The number of imide groups is 1. The number of carbonyl (C=O) groups excluding carboxylic acids is 3. The Morgan fingerprint density at radius 2 is 1.81 bits per heavy atom. The number of pyridine rings is 1. The Kier molecular flexibility index (Phi) is 8.98. The molecule has 0 radical (unpaired) electrons. The van der Waals surface area contributed by atoms with Crippen LogP contribution in [0.25, 0.3) is 21.9 Å². The molecule has 52 heavy (non-hydrogen) atoms. The molecule has 13 heteroatoms. The van der Waals surface area contributed by atoms with Crippen molar-refractivity contribution in [3.05, 3.63) is 88.2 Å². The fraction of sp³-hybridized carbons (Fsp3) is 0.436. The maximum absolute atomic E-state index is 16.1. The lowest BCUT2D eigenvalue weighted by Gasteiger charge is -2.38. The molecule has 270 valence electrons.